The van der Waals surface area contributed by atoms with Crippen LogP contribution in [0.3, 0.4) is 0 Å². The van der Waals surface area contributed by atoms with Gasteiger partial charge in [0.1, 0.15) is 6.61 Å². The van der Waals surface area contributed by atoms with Crippen molar-refractivity contribution in [3.05, 3.63) is 71.8 Å². The van der Waals surface area contributed by atoms with Crippen molar-refractivity contribution < 1.29 is 23.8 Å². The Kier molecular flexibility index (Phi) is 14.7. The molecule has 0 saturated carbocycles. The lowest BCUT2D eigenvalue weighted by atomic mass is 10.0. The predicted molar refractivity (Wildman–Crippen MR) is 154 cm³/mol. The lowest BCUT2D eigenvalue weighted by Crippen LogP contribution is -2.49. The van der Waals surface area contributed by atoms with Gasteiger partial charge in [0.25, 0.3) is 5.91 Å². The molecule has 3 atom stereocenters. The van der Waals surface area contributed by atoms with Crippen LogP contribution in [0.15, 0.2) is 60.7 Å². The molecular weight excluding hydrogens is 490 g/mol. The fraction of sp³-hybridized carbons (Fsp3) is 0.576. The summed E-state index contributed by atoms with van der Waals surface area (Å²) in [6, 6.07) is 19.2. The quantitative estimate of drug-likeness (QED) is 0.412. The molecule has 6 nitrogen and oxygen atoms in total. The van der Waals surface area contributed by atoms with E-state index in [1.165, 1.54) is 38.5 Å². The maximum atomic E-state index is 13.5. The minimum Gasteiger partial charge on any atom is -0.459 e. The van der Waals surface area contributed by atoms with E-state index in [9.17, 15) is 9.59 Å². The van der Waals surface area contributed by atoms with Gasteiger partial charge in [-0.1, -0.05) is 125 Å². The van der Waals surface area contributed by atoms with Crippen molar-refractivity contribution in [3.63, 3.8) is 0 Å². The molecule has 0 bridgehead atoms. The normalized spacial score (nSPS) is 22.6. The minimum atomic E-state index is -1.13. The number of hydrogen-bond donors (Lipinski definition) is 1. The first-order chi connectivity index (χ1) is 19.1. The number of hydrogen-bond acceptors (Lipinski definition) is 5. The SMILES string of the molecule is C[C@H]1CCCCCCCCCCCCOC(C(=O)OCc2ccccc2)[C@@H](C(=O)NCc2ccccc2)OC1. The number of carbonyl (C=O) groups excluding carboxylic acids is 2. The number of carbonyl (C=O) groups is 2. The van der Waals surface area contributed by atoms with E-state index in [0.717, 1.165) is 43.2 Å². The average Bonchev–Trinajstić information content (AvgIpc) is 2.96. The van der Waals surface area contributed by atoms with E-state index in [1.54, 1.807) is 0 Å². The van der Waals surface area contributed by atoms with Gasteiger partial charge in [0.2, 0.25) is 0 Å². The van der Waals surface area contributed by atoms with Crippen molar-refractivity contribution in [2.24, 2.45) is 5.92 Å². The molecule has 39 heavy (non-hydrogen) atoms. The topological polar surface area (TPSA) is 73.9 Å². The van der Waals surface area contributed by atoms with Crippen LogP contribution in [0, 0.1) is 5.92 Å². The van der Waals surface area contributed by atoms with Gasteiger partial charge in [-0.15, -0.1) is 0 Å². The number of rotatable bonds is 6. The molecule has 1 fully saturated rings. The Hall–Kier alpha value is -2.70. The van der Waals surface area contributed by atoms with Crippen LogP contribution in [0.1, 0.15) is 88.7 Å². The molecule has 6 heteroatoms. The zero-order valence-electron chi connectivity index (χ0n) is 23.7. The van der Waals surface area contributed by atoms with Crippen molar-refractivity contribution in [1.82, 2.24) is 5.32 Å². The zero-order valence-corrected chi connectivity index (χ0v) is 23.7. The van der Waals surface area contributed by atoms with Crippen LogP contribution in [-0.4, -0.2) is 37.3 Å². The summed E-state index contributed by atoms with van der Waals surface area (Å²) in [5.74, 6) is -0.655. The first-order valence-corrected chi connectivity index (χ1v) is 14.9. The van der Waals surface area contributed by atoms with Crippen molar-refractivity contribution in [1.29, 1.82) is 0 Å². The number of ether oxygens (including phenoxy) is 3. The molecule has 0 spiro atoms. The van der Waals surface area contributed by atoms with Crippen LogP contribution < -0.4 is 5.32 Å². The zero-order chi connectivity index (χ0) is 27.5. The van der Waals surface area contributed by atoms with Crippen molar-refractivity contribution in [2.45, 2.75) is 103 Å². The Morgan fingerprint density at radius 3 is 1.95 bits per heavy atom. The molecule has 1 N–H and O–H groups in total. The molecule has 0 aromatic heterocycles. The first-order valence-electron chi connectivity index (χ1n) is 14.9. The monoisotopic (exact) mass is 537 g/mol. The summed E-state index contributed by atoms with van der Waals surface area (Å²) < 4.78 is 17.9. The maximum absolute atomic E-state index is 13.5. The Labute approximate surface area is 234 Å². The van der Waals surface area contributed by atoms with Gasteiger partial charge in [0, 0.05) is 13.2 Å². The van der Waals surface area contributed by atoms with Crippen molar-refractivity contribution in [2.75, 3.05) is 13.2 Å². The summed E-state index contributed by atoms with van der Waals surface area (Å²) in [4.78, 5) is 26.8. The summed E-state index contributed by atoms with van der Waals surface area (Å²) in [5.41, 5.74) is 1.86. The van der Waals surface area contributed by atoms with Crippen molar-refractivity contribution >= 4 is 11.9 Å². The molecule has 2 aromatic rings. The molecular formula is C33H47NO5. The lowest BCUT2D eigenvalue weighted by molar-refractivity contribution is -0.175. The molecule has 214 valence electrons. The molecule has 3 rings (SSSR count). The van der Waals surface area contributed by atoms with Gasteiger partial charge in [-0.2, -0.15) is 0 Å². The number of amides is 1. The van der Waals surface area contributed by atoms with Gasteiger partial charge in [-0.05, 0) is 29.9 Å². The summed E-state index contributed by atoms with van der Waals surface area (Å²) in [7, 11) is 0. The van der Waals surface area contributed by atoms with Crippen LogP contribution in [0.4, 0.5) is 0 Å². The molecule has 1 heterocycles. The Morgan fingerprint density at radius 2 is 1.31 bits per heavy atom. The van der Waals surface area contributed by atoms with E-state index in [1.807, 2.05) is 60.7 Å². The highest BCUT2D eigenvalue weighted by Gasteiger charge is 2.37. The summed E-state index contributed by atoms with van der Waals surface area (Å²) >= 11 is 0. The summed E-state index contributed by atoms with van der Waals surface area (Å²) in [6.07, 6.45) is 10.6. The average molecular weight is 538 g/mol. The van der Waals surface area contributed by atoms with Gasteiger partial charge in [-0.25, -0.2) is 4.79 Å². The second-order valence-electron chi connectivity index (χ2n) is 10.8. The third-order valence-corrected chi connectivity index (χ3v) is 7.25. The van der Waals surface area contributed by atoms with E-state index in [2.05, 4.69) is 12.2 Å². The van der Waals surface area contributed by atoms with Crippen LogP contribution in [0.2, 0.25) is 0 Å². The second-order valence-corrected chi connectivity index (χ2v) is 10.8. The van der Waals surface area contributed by atoms with Crippen LogP contribution in [-0.2, 0) is 37.0 Å². The van der Waals surface area contributed by atoms with Crippen LogP contribution >= 0.6 is 0 Å². The van der Waals surface area contributed by atoms with Crippen LogP contribution in [0.5, 0.6) is 0 Å². The summed E-state index contributed by atoms with van der Waals surface area (Å²) in [6.45, 7) is 3.37. The lowest BCUT2D eigenvalue weighted by Gasteiger charge is -2.27. The van der Waals surface area contributed by atoms with Crippen molar-refractivity contribution in [3.8, 4) is 0 Å². The molecule has 1 aliphatic rings. The fourth-order valence-electron chi connectivity index (χ4n) is 4.85. The molecule has 1 saturated heterocycles. The largest absolute Gasteiger partial charge is 0.459 e. The van der Waals surface area contributed by atoms with E-state index in [4.69, 9.17) is 14.2 Å². The standard InChI is InChI=1S/C33H47NO5/c1-27-18-12-8-6-4-2-3-5-7-9-17-23-37-31(33(36)39-26-29-21-15-11-16-22-29)30(38-25-27)32(35)34-24-28-19-13-10-14-20-28/h10-11,13-16,19-22,27,30-31H,2-9,12,17-18,23-26H2,1H3,(H,34,35)/t27-,30-,31?/m0/s1. The third kappa shape index (κ3) is 12.3. The van der Waals surface area contributed by atoms with Crippen LogP contribution in [0.25, 0.3) is 0 Å². The van der Waals surface area contributed by atoms with E-state index in [-0.39, 0.29) is 18.4 Å². The highest BCUT2D eigenvalue weighted by Crippen LogP contribution is 2.18. The highest BCUT2D eigenvalue weighted by atomic mass is 16.6. The fourth-order valence-corrected chi connectivity index (χ4v) is 4.85. The van der Waals surface area contributed by atoms with E-state index < -0.39 is 18.2 Å². The third-order valence-electron chi connectivity index (χ3n) is 7.25. The van der Waals surface area contributed by atoms with Gasteiger partial charge in [0.15, 0.2) is 12.2 Å². The molecule has 1 unspecified atom stereocenters. The van der Waals surface area contributed by atoms with E-state index >= 15 is 0 Å². The number of nitrogens with one attached hydrogen (secondary N) is 1. The Morgan fingerprint density at radius 1 is 0.744 bits per heavy atom. The number of esters is 1. The maximum Gasteiger partial charge on any atom is 0.338 e. The molecule has 1 amide bonds. The first kappa shape index (κ1) is 30.8. The smallest absolute Gasteiger partial charge is 0.338 e. The Bertz CT molecular complexity index is 936. The van der Waals surface area contributed by atoms with Gasteiger partial charge in [-0.3, -0.25) is 4.79 Å². The second kappa shape index (κ2) is 18.6. The van der Waals surface area contributed by atoms with Gasteiger partial charge >= 0.3 is 5.97 Å². The molecule has 0 radical (unpaired) electrons. The molecule has 0 aliphatic carbocycles. The van der Waals surface area contributed by atoms with Gasteiger partial charge in [0.05, 0.1) is 6.61 Å². The predicted octanol–water partition coefficient (Wildman–Crippen LogP) is 6.76. The van der Waals surface area contributed by atoms with E-state index in [0.29, 0.717) is 19.8 Å². The molecule has 2 aromatic carbocycles. The summed E-state index contributed by atoms with van der Waals surface area (Å²) in [5, 5.41) is 2.96. The highest BCUT2D eigenvalue weighted by molar-refractivity contribution is 5.88. The number of benzene rings is 2. The van der Waals surface area contributed by atoms with Gasteiger partial charge < -0.3 is 19.5 Å². The Balaban J connectivity index is 1.72. The molecule has 1 aliphatic heterocycles. The minimum absolute atomic E-state index is 0.119.